The number of fused-ring (bicyclic) bond motifs is 1. The van der Waals surface area contributed by atoms with E-state index in [1.165, 1.54) is 50.8 Å². The van der Waals surface area contributed by atoms with Crippen molar-refractivity contribution in [3.8, 4) is 5.75 Å². The number of rotatable bonds is 5. The number of nitrogens with zero attached hydrogens (tertiary/aromatic N) is 2. The molecule has 3 aliphatic heterocycles. The lowest BCUT2D eigenvalue weighted by molar-refractivity contribution is -0.173. The summed E-state index contributed by atoms with van der Waals surface area (Å²) >= 11 is 0. The topological polar surface area (TPSA) is 24.9 Å². The first-order valence-corrected chi connectivity index (χ1v) is 13.6. The second kappa shape index (κ2) is 7.09. The summed E-state index contributed by atoms with van der Waals surface area (Å²) in [6.45, 7) is 4.66. The van der Waals surface area contributed by atoms with Gasteiger partial charge in [0.25, 0.3) is 0 Å². The number of hydrogen-bond acceptors (Lipinski definition) is 4. The highest BCUT2D eigenvalue weighted by atomic mass is 16.5. The van der Waals surface area contributed by atoms with Crippen LogP contribution in [0.25, 0.3) is 0 Å². The summed E-state index contributed by atoms with van der Waals surface area (Å²) in [5, 5.41) is 0. The van der Waals surface area contributed by atoms with Gasteiger partial charge in [0.15, 0.2) is 0 Å². The third kappa shape index (κ3) is 2.55. The predicted molar refractivity (Wildman–Crippen MR) is 132 cm³/mol. The molecule has 2 aromatic carbocycles. The molecule has 2 aromatic rings. The van der Waals surface area contributed by atoms with E-state index in [2.05, 4.69) is 58.3 Å². The molecule has 2 saturated carbocycles. The van der Waals surface area contributed by atoms with E-state index in [0.29, 0.717) is 24.1 Å². The fourth-order valence-electron chi connectivity index (χ4n) is 9.24. The van der Waals surface area contributed by atoms with Gasteiger partial charge in [-0.05, 0) is 79.8 Å². The SMILES string of the molecule is COc1ccc2c(c1)[C@]13CCN(CC4CC4)[C@H](C2)[C@]12CC[C@@H]1[C@H]3[C@@H](CN1Cc1ccccc1)O2. The molecule has 5 fully saturated rings. The lowest BCUT2D eigenvalue weighted by atomic mass is 9.46. The Labute approximate surface area is 203 Å². The zero-order chi connectivity index (χ0) is 22.5. The average molecular weight is 457 g/mol. The van der Waals surface area contributed by atoms with Crippen molar-refractivity contribution in [3.05, 3.63) is 65.2 Å². The summed E-state index contributed by atoms with van der Waals surface area (Å²) in [6, 6.07) is 19.2. The van der Waals surface area contributed by atoms with Crippen LogP contribution in [-0.2, 0) is 23.1 Å². The molecule has 0 radical (unpaired) electrons. The van der Waals surface area contributed by atoms with Crippen molar-refractivity contribution >= 4 is 0 Å². The smallest absolute Gasteiger partial charge is 0.119 e. The summed E-state index contributed by atoms with van der Waals surface area (Å²) < 4.78 is 13.2. The lowest BCUT2D eigenvalue weighted by Gasteiger charge is -2.65. The number of ether oxygens (including phenoxy) is 2. The molecule has 178 valence electrons. The molecule has 8 rings (SSSR count). The summed E-state index contributed by atoms with van der Waals surface area (Å²) in [6.07, 6.45) is 8.09. The van der Waals surface area contributed by atoms with Crippen molar-refractivity contribution < 1.29 is 9.47 Å². The molecule has 6 aliphatic rings. The van der Waals surface area contributed by atoms with E-state index in [0.717, 1.165) is 31.2 Å². The van der Waals surface area contributed by atoms with Crippen molar-refractivity contribution in [1.29, 1.82) is 0 Å². The van der Waals surface area contributed by atoms with Gasteiger partial charge in [0.2, 0.25) is 0 Å². The molecule has 0 aromatic heterocycles. The molecule has 0 unspecified atom stereocenters. The van der Waals surface area contributed by atoms with Crippen LogP contribution in [-0.4, -0.2) is 60.3 Å². The Morgan fingerprint density at radius 2 is 1.91 bits per heavy atom. The Morgan fingerprint density at radius 1 is 1.03 bits per heavy atom. The van der Waals surface area contributed by atoms with E-state index in [-0.39, 0.29) is 11.0 Å². The molecule has 4 heteroatoms. The molecule has 34 heavy (non-hydrogen) atoms. The average Bonchev–Trinajstić information content (AvgIpc) is 3.57. The van der Waals surface area contributed by atoms with Crippen molar-refractivity contribution in [2.45, 2.75) is 74.3 Å². The molecule has 6 atom stereocenters. The van der Waals surface area contributed by atoms with Gasteiger partial charge in [-0.1, -0.05) is 36.4 Å². The number of benzene rings is 2. The standard InChI is InChI=1S/C30H36N2O2/c1-33-23-10-9-22-15-27-30-12-11-25-28(26(34-30)19-32(25)18-20-5-3-2-4-6-20)29(30,24(22)16-23)13-14-31(27)17-21-7-8-21/h2-6,9-10,16,21,25-28H,7-8,11-15,17-19H2,1H3/t25-,26-,27-,28+,29+,30-/m1/s1. The number of likely N-dealkylation sites (tertiary alicyclic amines) is 2. The van der Waals surface area contributed by atoms with Gasteiger partial charge >= 0.3 is 0 Å². The van der Waals surface area contributed by atoms with Gasteiger partial charge in [-0.15, -0.1) is 0 Å². The van der Waals surface area contributed by atoms with Crippen LogP contribution in [0.3, 0.4) is 0 Å². The maximum absolute atomic E-state index is 7.43. The minimum atomic E-state index is -0.00975. The summed E-state index contributed by atoms with van der Waals surface area (Å²) in [4.78, 5) is 5.63. The molecule has 3 saturated heterocycles. The summed E-state index contributed by atoms with van der Waals surface area (Å²) in [5.41, 5.74) is 4.70. The highest BCUT2D eigenvalue weighted by Gasteiger charge is 2.77. The zero-order valence-electron chi connectivity index (χ0n) is 20.3. The third-order valence-electron chi connectivity index (χ3n) is 10.6. The number of piperidine rings is 1. The van der Waals surface area contributed by atoms with E-state index in [4.69, 9.17) is 9.47 Å². The molecular weight excluding hydrogens is 420 g/mol. The Hall–Kier alpha value is -1.88. The van der Waals surface area contributed by atoms with Crippen LogP contribution in [0.15, 0.2) is 48.5 Å². The lowest BCUT2D eigenvalue weighted by Crippen LogP contribution is -2.74. The highest BCUT2D eigenvalue weighted by molar-refractivity contribution is 5.52. The number of methoxy groups -OCH3 is 1. The summed E-state index contributed by atoms with van der Waals surface area (Å²) in [7, 11) is 1.82. The second-order valence-electron chi connectivity index (χ2n) is 12.0. The van der Waals surface area contributed by atoms with Gasteiger partial charge < -0.3 is 9.47 Å². The fraction of sp³-hybridized carbons (Fsp3) is 0.600. The fourth-order valence-corrected chi connectivity index (χ4v) is 9.24. The predicted octanol–water partition coefficient (Wildman–Crippen LogP) is 4.41. The molecular formula is C30H36N2O2. The second-order valence-corrected chi connectivity index (χ2v) is 12.0. The Kier molecular flexibility index (Phi) is 4.24. The maximum atomic E-state index is 7.43. The minimum absolute atomic E-state index is 0.00975. The molecule has 4 nitrogen and oxygen atoms in total. The van der Waals surface area contributed by atoms with Crippen LogP contribution in [0.1, 0.15) is 48.8 Å². The van der Waals surface area contributed by atoms with Crippen LogP contribution in [0, 0.1) is 11.8 Å². The molecule has 0 amide bonds. The van der Waals surface area contributed by atoms with Crippen molar-refractivity contribution in [3.63, 3.8) is 0 Å². The molecule has 4 bridgehead atoms. The maximum Gasteiger partial charge on any atom is 0.119 e. The van der Waals surface area contributed by atoms with Crippen molar-refractivity contribution in [1.82, 2.24) is 9.80 Å². The van der Waals surface area contributed by atoms with Crippen LogP contribution >= 0.6 is 0 Å². The Bertz CT molecular complexity index is 1120. The van der Waals surface area contributed by atoms with Gasteiger partial charge in [-0.3, -0.25) is 9.80 Å². The van der Waals surface area contributed by atoms with Crippen LogP contribution in [0.5, 0.6) is 5.75 Å². The van der Waals surface area contributed by atoms with Gasteiger partial charge in [-0.2, -0.15) is 0 Å². The monoisotopic (exact) mass is 456 g/mol. The first-order chi connectivity index (χ1) is 16.7. The molecule has 0 spiro atoms. The normalized spacial score (nSPS) is 40.1. The van der Waals surface area contributed by atoms with Gasteiger partial charge in [-0.25, -0.2) is 0 Å². The van der Waals surface area contributed by atoms with Gasteiger partial charge in [0.1, 0.15) is 5.75 Å². The zero-order valence-corrected chi connectivity index (χ0v) is 20.3. The van der Waals surface area contributed by atoms with Gasteiger partial charge in [0.05, 0.1) is 18.8 Å². The van der Waals surface area contributed by atoms with E-state index in [9.17, 15) is 0 Å². The van der Waals surface area contributed by atoms with Crippen molar-refractivity contribution in [2.75, 3.05) is 26.7 Å². The largest absolute Gasteiger partial charge is 0.497 e. The van der Waals surface area contributed by atoms with E-state index in [1.54, 1.807) is 11.1 Å². The third-order valence-corrected chi connectivity index (χ3v) is 10.6. The van der Waals surface area contributed by atoms with Crippen LogP contribution in [0.4, 0.5) is 0 Å². The minimum Gasteiger partial charge on any atom is -0.497 e. The Morgan fingerprint density at radius 3 is 2.74 bits per heavy atom. The van der Waals surface area contributed by atoms with E-state index >= 15 is 0 Å². The first kappa shape index (κ1) is 20.3. The highest BCUT2D eigenvalue weighted by Crippen LogP contribution is 2.69. The summed E-state index contributed by atoms with van der Waals surface area (Å²) in [5.74, 6) is 2.54. The van der Waals surface area contributed by atoms with E-state index in [1.807, 2.05) is 7.11 Å². The number of hydrogen-bond donors (Lipinski definition) is 0. The Balaban J connectivity index is 1.24. The molecule has 3 heterocycles. The van der Waals surface area contributed by atoms with Crippen molar-refractivity contribution in [2.24, 2.45) is 11.8 Å². The molecule has 3 aliphatic carbocycles. The first-order valence-electron chi connectivity index (χ1n) is 13.6. The van der Waals surface area contributed by atoms with Crippen LogP contribution in [0.2, 0.25) is 0 Å². The molecule has 0 N–H and O–H groups in total. The van der Waals surface area contributed by atoms with Gasteiger partial charge in [0, 0.05) is 43.1 Å². The quantitative estimate of drug-likeness (QED) is 0.666. The van der Waals surface area contributed by atoms with Crippen LogP contribution < -0.4 is 4.74 Å². The van der Waals surface area contributed by atoms with E-state index < -0.39 is 0 Å².